The van der Waals surface area contributed by atoms with Crippen molar-refractivity contribution in [2.75, 3.05) is 13.6 Å². The van der Waals surface area contributed by atoms with Crippen LogP contribution in [0.25, 0.3) is 10.1 Å². The summed E-state index contributed by atoms with van der Waals surface area (Å²) < 4.78 is 28.3. The summed E-state index contributed by atoms with van der Waals surface area (Å²) >= 11 is 1.46. The Bertz CT molecular complexity index is 722. The first kappa shape index (κ1) is 16.4. The molecule has 0 aliphatic carbocycles. The van der Waals surface area contributed by atoms with E-state index in [0.717, 1.165) is 21.4 Å². The Kier molecular flexibility index (Phi) is 5.03. The first-order chi connectivity index (χ1) is 9.91. The van der Waals surface area contributed by atoms with Crippen LogP contribution in [0.1, 0.15) is 25.1 Å². The number of rotatable bonds is 6. The maximum Gasteiger partial charge on any atom is 0.244 e. The van der Waals surface area contributed by atoms with E-state index in [9.17, 15) is 8.42 Å². The van der Waals surface area contributed by atoms with Crippen molar-refractivity contribution in [2.24, 2.45) is 11.7 Å². The maximum absolute atomic E-state index is 12.9. The summed E-state index contributed by atoms with van der Waals surface area (Å²) in [5.41, 5.74) is 5.77. The monoisotopic (exact) mass is 326 g/mol. The fourth-order valence-electron chi connectivity index (χ4n) is 2.31. The topological polar surface area (TPSA) is 63.4 Å². The lowest BCUT2D eigenvalue weighted by Crippen LogP contribution is -2.31. The zero-order valence-electron chi connectivity index (χ0n) is 12.7. The van der Waals surface area contributed by atoms with Crippen molar-refractivity contribution in [3.63, 3.8) is 0 Å². The molecular formula is C15H22N2O2S2. The van der Waals surface area contributed by atoms with Gasteiger partial charge in [0.2, 0.25) is 10.0 Å². The SMILES string of the molecule is CCC(C)CN(C)S(=O)(=O)c1c(CN)sc2ccccc12. The Morgan fingerprint density at radius 1 is 1.33 bits per heavy atom. The average molecular weight is 326 g/mol. The summed E-state index contributed by atoms with van der Waals surface area (Å²) in [6.45, 7) is 4.89. The second-order valence-corrected chi connectivity index (χ2v) is 8.47. The molecule has 1 heterocycles. The van der Waals surface area contributed by atoms with E-state index in [-0.39, 0.29) is 6.54 Å². The summed E-state index contributed by atoms with van der Waals surface area (Å²) in [5, 5.41) is 0.777. The maximum atomic E-state index is 12.9. The first-order valence-corrected chi connectivity index (χ1v) is 9.34. The van der Waals surface area contributed by atoms with Crippen LogP contribution in [0.2, 0.25) is 0 Å². The highest BCUT2D eigenvalue weighted by molar-refractivity contribution is 7.89. The van der Waals surface area contributed by atoms with Gasteiger partial charge in [-0.3, -0.25) is 0 Å². The summed E-state index contributed by atoms with van der Waals surface area (Å²) in [4.78, 5) is 1.11. The Balaban J connectivity index is 2.53. The largest absolute Gasteiger partial charge is 0.326 e. The number of hydrogen-bond donors (Lipinski definition) is 1. The molecule has 0 amide bonds. The van der Waals surface area contributed by atoms with E-state index in [2.05, 4.69) is 13.8 Å². The molecule has 116 valence electrons. The number of benzene rings is 1. The highest BCUT2D eigenvalue weighted by Crippen LogP contribution is 2.35. The Labute approximate surface area is 130 Å². The molecule has 0 radical (unpaired) electrons. The smallest absolute Gasteiger partial charge is 0.244 e. The van der Waals surface area contributed by atoms with E-state index in [0.29, 0.717) is 17.4 Å². The minimum atomic E-state index is -3.51. The predicted molar refractivity (Wildman–Crippen MR) is 89.0 cm³/mol. The molecule has 0 aliphatic heterocycles. The van der Waals surface area contributed by atoms with Gasteiger partial charge in [0.15, 0.2) is 0 Å². The van der Waals surface area contributed by atoms with Crippen molar-refractivity contribution in [1.82, 2.24) is 4.31 Å². The van der Waals surface area contributed by atoms with Crippen LogP contribution in [-0.4, -0.2) is 26.3 Å². The van der Waals surface area contributed by atoms with Crippen LogP contribution in [-0.2, 0) is 16.6 Å². The first-order valence-electron chi connectivity index (χ1n) is 7.08. The third kappa shape index (κ3) is 3.13. The lowest BCUT2D eigenvalue weighted by Gasteiger charge is -2.21. The lowest BCUT2D eigenvalue weighted by atomic mass is 10.1. The molecule has 1 aromatic carbocycles. The number of nitrogens with two attached hydrogens (primary N) is 1. The zero-order chi connectivity index (χ0) is 15.6. The van der Waals surface area contributed by atoms with Crippen LogP contribution in [0.4, 0.5) is 0 Å². The minimum Gasteiger partial charge on any atom is -0.326 e. The average Bonchev–Trinajstić information content (AvgIpc) is 2.85. The van der Waals surface area contributed by atoms with Crippen molar-refractivity contribution in [1.29, 1.82) is 0 Å². The molecule has 0 aliphatic rings. The highest BCUT2D eigenvalue weighted by Gasteiger charge is 2.28. The molecular weight excluding hydrogens is 304 g/mol. The van der Waals surface area contributed by atoms with Gasteiger partial charge in [0.25, 0.3) is 0 Å². The van der Waals surface area contributed by atoms with Gasteiger partial charge < -0.3 is 5.73 Å². The number of nitrogens with zero attached hydrogens (tertiary/aromatic N) is 1. The number of thiophene rings is 1. The van der Waals surface area contributed by atoms with E-state index in [1.54, 1.807) is 7.05 Å². The molecule has 1 unspecified atom stereocenters. The Hall–Kier alpha value is -0.950. The quantitative estimate of drug-likeness (QED) is 0.887. The molecule has 21 heavy (non-hydrogen) atoms. The van der Waals surface area contributed by atoms with Crippen LogP contribution >= 0.6 is 11.3 Å². The molecule has 0 saturated carbocycles. The molecule has 0 fully saturated rings. The van der Waals surface area contributed by atoms with Gasteiger partial charge in [-0.1, -0.05) is 38.5 Å². The molecule has 2 N–H and O–H groups in total. The minimum absolute atomic E-state index is 0.241. The lowest BCUT2D eigenvalue weighted by molar-refractivity contribution is 0.394. The van der Waals surface area contributed by atoms with Gasteiger partial charge in [-0.15, -0.1) is 11.3 Å². The van der Waals surface area contributed by atoms with Crippen LogP contribution < -0.4 is 5.73 Å². The molecule has 4 nitrogen and oxygen atoms in total. The van der Waals surface area contributed by atoms with Crippen LogP contribution in [0.15, 0.2) is 29.2 Å². The van der Waals surface area contributed by atoms with Gasteiger partial charge in [0.05, 0.1) is 0 Å². The fraction of sp³-hybridized carbons (Fsp3) is 0.467. The van der Waals surface area contributed by atoms with Crippen molar-refractivity contribution < 1.29 is 8.42 Å². The van der Waals surface area contributed by atoms with E-state index < -0.39 is 10.0 Å². The van der Waals surface area contributed by atoms with Crippen molar-refractivity contribution in [2.45, 2.75) is 31.7 Å². The van der Waals surface area contributed by atoms with Crippen LogP contribution in [0.5, 0.6) is 0 Å². The van der Waals surface area contributed by atoms with E-state index in [1.165, 1.54) is 15.6 Å². The second kappa shape index (κ2) is 6.44. The van der Waals surface area contributed by atoms with Gasteiger partial charge in [-0.2, -0.15) is 0 Å². The van der Waals surface area contributed by atoms with E-state index >= 15 is 0 Å². The molecule has 1 aromatic heterocycles. The van der Waals surface area contributed by atoms with Crippen molar-refractivity contribution in [3.05, 3.63) is 29.1 Å². The number of sulfonamides is 1. The standard InChI is InChI=1S/C15H22N2O2S2/c1-4-11(2)10-17(3)21(18,19)15-12-7-5-6-8-13(12)20-14(15)9-16/h5-8,11H,4,9-10,16H2,1-3H3. The molecule has 6 heteroatoms. The fourth-order valence-corrected chi connectivity index (χ4v) is 5.38. The Morgan fingerprint density at radius 2 is 2.00 bits per heavy atom. The summed E-state index contributed by atoms with van der Waals surface area (Å²) in [6.07, 6.45) is 0.952. The van der Waals surface area contributed by atoms with E-state index in [1.807, 2.05) is 24.3 Å². The Morgan fingerprint density at radius 3 is 2.62 bits per heavy atom. The normalized spacial score (nSPS) is 14.0. The van der Waals surface area contributed by atoms with Gasteiger partial charge in [-0.05, 0) is 12.0 Å². The zero-order valence-corrected chi connectivity index (χ0v) is 14.3. The van der Waals surface area contributed by atoms with E-state index in [4.69, 9.17) is 5.73 Å². The van der Waals surface area contributed by atoms with Gasteiger partial charge in [-0.25, -0.2) is 12.7 Å². The van der Waals surface area contributed by atoms with Crippen molar-refractivity contribution >= 4 is 31.4 Å². The van der Waals surface area contributed by atoms with Crippen LogP contribution in [0.3, 0.4) is 0 Å². The summed E-state index contributed by atoms with van der Waals surface area (Å²) in [6, 6.07) is 7.57. The van der Waals surface area contributed by atoms with Gasteiger partial charge in [0, 0.05) is 35.1 Å². The molecule has 0 bridgehead atoms. The molecule has 2 rings (SSSR count). The highest BCUT2D eigenvalue weighted by atomic mass is 32.2. The number of fused-ring (bicyclic) bond motifs is 1. The summed E-state index contributed by atoms with van der Waals surface area (Å²) in [7, 11) is -1.86. The predicted octanol–water partition coefficient (Wildman–Crippen LogP) is 3.03. The third-order valence-corrected chi connectivity index (χ3v) is 7.01. The van der Waals surface area contributed by atoms with Crippen LogP contribution in [0, 0.1) is 5.92 Å². The van der Waals surface area contributed by atoms with Gasteiger partial charge >= 0.3 is 0 Å². The second-order valence-electron chi connectivity index (χ2n) is 5.35. The molecule has 0 spiro atoms. The molecule has 1 atom stereocenters. The molecule has 2 aromatic rings. The van der Waals surface area contributed by atoms with Gasteiger partial charge in [0.1, 0.15) is 4.90 Å². The third-order valence-electron chi connectivity index (χ3n) is 3.74. The number of hydrogen-bond acceptors (Lipinski definition) is 4. The molecule has 0 saturated heterocycles. The summed E-state index contributed by atoms with van der Waals surface area (Å²) in [5.74, 6) is 0.330. The van der Waals surface area contributed by atoms with Crippen molar-refractivity contribution in [3.8, 4) is 0 Å².